The monoisotopic (exact) mass is 331 g/mol. The fraction of sp³-hybridized carbons (Fsp3) is 0.312. The number of nitrogens with one attached hydrogen (secondary N) is 1. The van der Waals surface area contributed by atoms with E-state index in [-0.39, 0.29) is 11.7 Å². The first kappa shape index (κ1) is 15.6. The van der Waals surface area contributed by atoms with Gasteiger partial charge in [0.1, 0.15) is 13.2 Å². The normalized spacial score (nSPS) is 12.8. The van der Waals surface area contributed by atoms with E-state index in [1.165, 1.54) is 11.8 Å². The summed E-state index contributed by atoms with van der Waals surface area (Å²) in [6.45, 7) is 4.89. The largest absolute Gasteiger partial charge is 0.486 e. The molecule has 23 heavy (non-hydrogen) atoms. The maximum absolute atomic E-state index is 12.1. The van der Waals surface area contributed by atoms with E-state index in [0.717, 1.165) is 11.4 Å². The predicted molar refractivity (Wildman–Crippen MR) is 88.3 cm³/mol. The molecule has 1 N–H and O–H groups in total. The number of benzene rings is 1. The average Bonchev–Trinajstić information content (AvgIpc) is 2.52. The molecule has 7 heteroatoms. The second kappa shape index (κ2) is 6.87. The number of ether oxygens (including phenoxy) is 2. The molecule has 3 rings (SSSR count). The maximum atomic E-state index is 12.1. The van der Waals surface area contributed by atoms with Crippen molar-refractivity contribution in [3.63, 3.8) is 0 Å². The van der Waals surface area contributed by atoms with Gasteiger partial charge in [0.2, 0.25) is 5.91 Å². The number of aryl methyl sites for hydroxylation is 2. The quantitative estimate of drug-likeness (QED) is 0.686. The van der Waals surface area contributed by atoms with Crippen molar-refractivity contribution in [1.82, 2.24) is 9.97 Å². The van der Waals surface area contributed by atoms with Crippen LogP contribution in [0.3, 0.4) is 0 Å². The van der Waals surface area contributed by atoms with E-state index in [1.807, 2.05) is 19.9 Å². The summed E-state index contributed by atoms with van der Waals surface area (Å²) in [5, 5.41) is 3.45. The van der Waals surface area contributed by atoms with Gasteiger partial charge in [-0.1, -0.05) is 11.8 Å². The first-order valence-corrected chi connectivity index (χ1v) is 8.23. The molecule has 0 fully saturated rings. The molecule has 0 saturated heterocycles. The van der Waals surface area contributed by atoms with Crippen molar-refractivity contribution in [2.75, 3.05) is 24.3 Å². The molecule has 0 radical (unpaired) electrons. The lowest BCUT2D eigenvalue weighted by Crippen LogP contribution is -2.17. The van der Waals surface area contributed by atoms with Crippen LogP contribution in [0.4, 0.5) is 5.69 Å². The Morgan fingerprint density at radius 2 is 1.83 bits per heavy atom. The van der Waals surface area contributed by atoms with Crippen LogP contribution < -0.4 is 14.8 Å². The van der Waals surface area contributed by atoms with Crippen LogP contribution in [-0.4, -0.2) is 34.8 Å². The summed E-state index contributed by atoms with van der Waals surface area (Å²) < 4.78 is 11.0. The van der Waals surface area contributed by atoms with Gasteiger partial charge in [0.15, 0.2) is 16.7 Å². The fourth-order valence-electron chi connectivity index (χ4n) is 2.21. The smallest absolute Gasteiger partial charge is 0.234 e. The van der Waals surface area contributed by atoms with Gasteiger partial charge >= 0.3 is 0 Å². The van der Waals surface area contributed by atoms with Gasteiger partial charge in [0, 0.05) is 23.1 Å². The van der Waals surface area contributed by atoms with Crippen molar-refractivity contribution in [3.05, 3.63) is 35.7 Å². The van der Waals surface area contributed by atoms with Crippen LogP contribution in [0.15, 0.2) is 29.4 Å². The molecule has 0 saturated carbocycles. The number of nitrogens with zero attached hydrogens (tertiary/aromatic N) is 2. The Balaban J connectivity index is 1.59. The second-order valence-corrected chi connectivity index (χ2v) is 6.07. The molecular weight excluding hydrogens is 314 g/mol. The number of fused-ring (bicyclic) bond motifs is 1. The van der Waals surface area contributed by atoms with E-state index in [9.17, 15) is 4.79 Å². The highest BCUT2D eigenvalue weighted by Gasteiger charge is 2.13. The Hall–Kier alpha value is -2.28. The number of aromatic nitrogens is 2. The van der Waals surface area contributed by atoms with Crippen molar-refractivity contribution in [2.45, 2.75) is 19.0 Å². The van der Waals surface area contributed by atoms with Crippen LogP contribution in [-0.2, 0) is 4.79 Å². The third-order valence-electron chi connectivity index (χ3n) is 3.12. The Morgan fingerprint density at radius 1 is 1.13 bits per heavy atom. The molecular formula is C16H17N3O3S. The predicted octanol–water partition coefficient (Wildman–Crippen LogP) is 2.60. The zero-order valence-electron chi connectivity index (χ0n) is 13.0. The molecule has 120 valence electrons. The van der Waals surface area contributed by atoms with Gasteiger partial charge in [-0.15, -0.1) is 0 Å². The number of hydrogen-bond acceptors (Lipinski definition) is 6. The minimum absolute atomic E-state index is 0.116. The van der Waals surface area contributed by atoms with Crippen LogP contribution in [0.25, 0.3) is 0 Å². The molecule has 2 aromatic rings. The SMILES string of the molecule is Cc1cc(C)nc(SCC(=O)Nc2ccc3c(c2)OCCO3)n1. The van der Waals surface area contributed by atoms with E-state index < -0.39 is 0 Å². The van der Waals surface area contributed by atoms with Crippen molar-refractivity contribution in [2.24, 2.45) is 0 Å². The lowest BCUT2D eigenvalue weighted by Gasteiger charge is -2.18. The highest BCUT2D eigenvalue weighted by atomic mass is 32.2. The molecule has 0 bridgehead atoms. The fourth-order valence-corrected chi connectivity index (χ4v) is 2.96. The molecule has 0 aliphatic carbocycles. The number of amides is 1. The Labute approximate surface area is 138 Å². The van der Waals surface area contributed by atoms with Gasteiger partial charge in [0.25, 0.3) is 0 Å². The number of carbonyl (C=O) groups excluding carboxylic acids is 1. The standard InChI is InChI=1S/C16H17N3O3S/c1-10-7-11(2)18-16(17-10)23-9-15(20)19-12-3-4-13-14(8-12)22-6-5-21-13/h3-4,7-8H,5-6,9H2,1-2H3,(H,19,20). The summed E-state index contributed by atoms with van der Waals surface area (Å²) in [4.78, 5) is 20.7. The van der Waals surface area contributed by atoms with Gasteiger partial charge < -0.3 is 14.8 Å². The minimum atomic E-state index is -0.116. The minimum Gasteiger partial charge on any atom is -0.486 e. The lowest BCUT2D eigenvalue weighted by molar-refractivity contribution is -0.113. The molecule has 1 amide bonds. The Morgan fingerprint density at radius 3 is 2.57 bits per heavy atom. The van der Waals surface area contributed by atoms with E-state index >= 15 is 0 Å². The van der Waals surface area contributed by atoms with E-state index in [0.29, 0.717) is 35.6 Å². The lowest BCUT2D eigenvalue weighted by atomic mass is 10.2. The molecule has 0 spiro atoms. The van der Waals surface area contributed by atoms with Crippen molar-refractivity contribution < 1.29 is 14.3 Å². The van der Waals surface area contributed by atoms with E-state index in [2.05, 4.69) is 15.3 Å². The van der Waals surface area contributed by atoms with E-state index in [1.54, 1.807) is 18.2 Å². The second-order valence-electron chi connectivity index (χ2n) is 5.13. The number of anilines is 1. The number of thioether (sulfide) groups is 1. The van der Waals surface area contributed by atoms with Crippen LogP contribution in [0.5, 0.6) is 11.5 Å². The molecule has 1 aliphatic rings. The molecule has 0 unspecified atom stereocenters. The molecule has 1 aliphatic heterocycles. The van der Waals surface area contributed by atoms with Crippen LogP contribution in [0, 0.1) is 13.8 Å². The van der Waals surface area contributed by atoms with E-state index in [4.69, 9.17) is 9.47 Å². The van der Waals surface area contributed by atoms with Crippen LogP contribution in [0.2, 0.25) is 0 Å². The average molecular weight is 331 g/mol. The zero-order chi connectivity index (χ0) is 16.2. The number of carbonyl (C=O) groups is 1. The van der Waals surface area contributed by atoms with Gasteiger partial charge in [-0.2, -0.15) is 0 Å². The Kier molecular flexibility index (Phi) is 4.66. The van der Waals surface area contributed by atoms with Crippen molar-refractivity contribution in [3.8, 4) is 11.5 Å². The molecule has 2 heterocycles. The summed E-state index contributed by atoms with van der Waals surface area (Å²) in [7, 11) is 0. The van der Waals surface area contributed by atoms with Crippen LogP contribution in [0.1, 0.15) is 11.4 Å². The first-order valence-electron chi connectivity index (χ1n) is 7.25. The van der Waals surface area contributed by atoms with Gasteiger partial charge in [-0.3, -0.25) is 4.79 Å². The van der Waals surface area contributed by atoms with Crippen LogP contribution >= 0.6 is 11.8 Å². The summed E-state index contributed by atoms with van der Waals surface area (Å²) >= 11 is 1.31. The summed E-state index contributed by atoms with van der Waals surface area (Å²) in [6, 6.07) is 7.26. The first-order chi connectivity index (χ1) is 11.1. The van der Waals surface area contributed by atoms with Gasteiger partial charge in [0.05, 0.1) is 5.75 Å². The third-order valence-corrected chi connectivity index (χ3v) is 3.97. The highest BCUT2D eigenvalue weighted by molar-refractivity contribution is 7.99. The van der Waals surface area contributed by atoms with Gasteiger partial charge in [-0.05, 0) is 32.0 Å². The third kappa shape index (κ3) is 4.13. The maximum Gasteiger partial charge on any atom is 0.234 e. The Bertz CT molecular complexity index is 716. The van der Waals surface area contributed by atoms with Crippen molar-refractivity contribution in [1.29, 1.82) is 0 Å². The highest BCUT2D eigenvalue weighted by Crippen LogP contribution is 2.32. The summed E-state index contributed by atoms with van der Waals surface area (Å²) in [5.41, 5.74) is 2.47. The number of hydrogen-bond donors (Lipinski definition) is 1. The van der Waals surface area contributed by atoms with Crippen molar-refractivity contribution >= 4 is 23.4 Å². The molecule has 1 aromatic carbocycles. The summed E-state index contributed by atoms with van der Waals surface area (Å²) in [6.07, 6.45) is 0. The molecule has 1 aromatic heterocycles. The molecule has 6 nitrogen and oxygen atoms in total. The van der Waals surface area contributed by atoms with Gasteiger partial charge in [-0.25, -0.2) is 9.97 Å². The topological polar surface area (TPSA) is 73.3 Å². The number of rotatable bonds is 4. The molecule has 0 atom stereocenters. The zero-order valence-corrected chi connectivity index (χ0v) is 13.8. The summed E-state index contributed by atoms with van der Waals surface area (Å²) in [5.74, 6) is 1.48.